The average molecular weight is 263 g/mol. The monoisotopic (exact) mass is 263 g/mol. The van der Waals surface area contributed by atoms with Gasteiger partial charge in [0.15, 0.2) is 5.82 Å². The lowest BCUT2D eigenvalue weighted by Gasteiger charge is -2.03. The summed E-state index contributed by atoms with van der Waals surface area (Å²) in [5, 5.41) is 15.2. The molecule has 18 heavy (non-hydrogen) atoms. The van der Waals surface area contributed by atoms with Crippen LogP contribution in [0.1, 0.15) is 18.3 Å². The van der Waals surface area contributed by atoms with Crippen LogP contribution in [0.5, 0.6) is 0 Å². The highest BCUT2D eigenvalue weighted by Gasteiger charge is 2.01. The van der Waals surface area contributed by atoms with Gasteiger partial charge in [-0.15, -0.1) is 22.0 Å². The molecular formula is C12H17N5S. The van der Waals surface area contributed by atoms with Gasteiger partial charge in [0.05, 0.1) is 12.8 Å². The Labute approximate surface area is 111 Å². The minimum Gasteiger partial charge on any atom is -0.313 e. The molecule has 0 saturated carbocycles. The maximum Gasteiger partial charge on any atom is 0.184 e. The van der Waals surface area contributed by atoms with Crippen molar-refractivity contribution in [1.29, 1.82) is 0 Å². The molecule has 0 aliphatic heterocycles. The van der Waals surface area contributed by atoms with Crippen LogP contribution in [0.2, 0.25) is 0 Å². The minimum absolute atomic E-state index is 0.750. The van der Waals surface area contributed by atoms with Crippen molar-refractivity contribution < 1.29 is 0 Å². The van der Waals surface area contributed by atoms with Gasteiger partial charge in [-0.2, -0.15) is 4.80 Å². The predicted octanol–water partition coefficient (Wildman–Crippen LogP) is 1.61. The maximum absolute atomic E-state index is 4.15. The molecule has 0 radical (unpaired) electrons. The molecule has 0 bridgehead atoms. The molecule has 1 aromatic carbocycles. The van der Waals surface area contributed by atoms with Crippen molar-refractivity contribution in [3.8, 4) is 0 Å². The Kier molecular flexibility index (Phi) is 4.72. The highest BCUT2D eigenvalue weighted by molar-refractivity contribution is 7.98. The number of hydrogen-bond donors (Lipinski definition) is 1. The van der Waals surface area contributed by atoms with E-state index in [9.17, 15) is 0 Å². The second-order valence-corrected chi connectivity index (χ2v) is 4.96. The molecule has 0 atom stereocenters. The lowest BCUT2D eigenvalue weighted by molar-refractivity contribution is 0.628. The molecular weight excluding hydrogens is 246 g/mol. The summed E-state index contributed by atoms with van der Waals surface area (Å²) >= 11 is 1.72. The molecule has 0 fully saturated rings. The molecule has 2 aromatic rings. The Morgan fingerprint density at radius 1 is 1.28 bits per heavy atom. The summed E-state index contributed by atoms with van der Waals surface area (Å²) in [5.74, 6) is 1.51. The van der Waals surface area contributed by atoms with Crippen LogP contribution in [0.3, 0.4) is 0 Å². The normalized spacial score (nSPS) is 10.8. The molecule has 1 aromatic heterocycles. The fourth-order valence-corrected chi connectivity index (χ4v) is 2.24. The molecule has 0 saturated heterocycles. The summed E-state index contributed by atoms with van der Waals surface area (Å²) in [4.78, 5) is 2.71. The quantitative estimate of drug-likeness (QED) is 0.802. The zero-order chi connectivity index (χ0) is 12.8. The largest absolute Gasteiger partial charge is 0.313 e. The molecule has 0 aliphatic carbocycles. The minimum atomic E-state index is 0.750. The summed E-state index contributed by atoms with van der Waals surface area (Å²) < 4.78 is 0. The molecule has 1 N–H and O–H groups in total. The third-order valence-electron chi connectivity index (χ3n) is 2.42. The van der Waals surface area contributed by atoms with Gasteiger partial charge in [-0.3, -0.25) is 0 Å². The molecule has 0 amide bonds. The number of thioether (sulfide) groups is 1. The smallest absolute Gasteiger partial charge is 0.184 e. The van der Waals surface area contributed by atoms with Crippen LogP contribution in [0, 0.1) is 0 Å². The van der Waals surface area contributed by atoms with E-state index in [1.54, 1.807) is 18.8 Å². The first kappa shape index (κ1) is 13.0. The van der Waals surface area contributed by atoms with Crippen LogP contribution >= 0.6 is 11.8 Å². The van der Waals surface area contributed by atoms with E-state index in [0.29, 0.717) is 0 Å². The van der Waals surface area contributed by atoms with Gasteiger partial charge < -0.3 is 5.32 Å². The maximum atomic E-state index is 4.15. The zero-order valence-corrected chi connectivity index (χ0v) is 11.4. The van der Waals surface area contributed by atoms with Gasteiger partial charge in [-0.1, -0.05) is 19.1 Å². The van der Waals surface area contributed by atoms with Crippen molar-refractivity contribution >= 4 is 11.8 Å². The Hall–Kier alpha value is -1.40. The molecule has 2 rings (SSSR count). The van der Waals surface area contributed by atoms with E-state index in [1.807, 2.05) is 0 Å². The van der Waals surface area contributed by atoms with Crippen molar-refractivity contribution in [2.75, 3.05) is 6.54 Å². The average Bonchev–Trinajstić information content (AvgIpc) is 2.81. The summed E-state index contributed by atoms with van der Waals surface area (Å²) in [5.41, 5.74) is 1.30. The second-order valence-electron chi connectivity index (χ2n) is 3.91. The highest BCUT2D eigenvalue weighted by Crippen LogP contribution is 2.21. The number of nitrogens with zero attached hydrogens (tertiary/aromatic N) is 4. The summed E-state index contributed by atoms with van der Waals surface area (Å²) in [6, 6.07) is 8.56. The Bertz CT molecular complexity index is 479. The lowest BCUT2D eigenvalue weighted by Crippen LogP contribution is -2.11. The van der Waals surface area contributed by atoms with Crippen LogP contribution < -0.4 is 5.32 Å². The number of tetrazole rings is 1. The first-order valence-corrected chi connectivity index (χ1v) is 6.92. The molecule has 0 spiro atoms. The number of nitrogens with one attached hydrogen (secondary N) is 1. The fraction of sp³-hybridized carbons (Fsp3) is 0.417. The molecule has 0 aliphatic rings. The van der Waals surface area contributed by atoms with Crippen molar-refractivity contribution in [2.24, 2.45) is 7.05 Å². The highest BCUT2D eigenvalue weighted by atomic mass is 32.2. The number of aryl methyl sites for hydroxylation is 1. The van der Waals surface area contributed by atoms with E-state index in [-0.39, 0.29) is 0 Å². The summed E-state index contributed by atoms with van der Waals surface area (Å²) in [6.07, 6.45) is 0. The third-order valence-corrected chi connectivity index (χ3v) is 3.43. The van der Waals surface area contributed by atoms with Crippen LogP contribution in [0.15, 0.2) is 29.2 Å². The summed E-state index contributed by atoms with van der Waals surface area (Å²) in [7, 11) is 1.77. The number of rotatable bonds is 6. The van der Waals surface area contributed by atoms with Gasteiger partial charge >= 0.3 is 0 Å². The molecule has 0 unspecified atom stereocenters. The van der Waals surface area contributed by atoms with Crippen molar-refractivity contribution in [3.05, 3.63) is 35.7 Å². The number of hydrogen-bond acceptors (Lipinski definition) is 5. The Morgan fingerprint density at radius 2 is 2.06 bits per heavy atom. The number of benzene rings is 1. The van der Waals surface area contributed by atoms with Crippen molar-refractivity contribution in [3.63, 3.8) is 0 Å². The van der Waals surface area contributed by atoms with Gasteiger partial charge in [0.2, 0.25) is 0 Å². The van der Waals surface area contributed by atoms with E-state index in [1.165, 1.54) is 15.3 Å². The molecule has 5 nitrogen and oxygen atoms in total. The lowest BCUT2D eigenvalue weighted by atomic mass is 10.2. The Morgan fingerprint density at radius 3 is 2.67 bits per heavy atom. The molecule has 96 valence electrons. The van der Waals surface area contributed by atoms with E-state index in [2.05, 4.69) is 51.9 Å². The van der Waals surface area contributed by atoms with Crippen LogP contribution in [0.25, 0.3) is 0 Å². The molecule has 6 heteroatoms. The zero-order valence-electron chi connectivity index (χ0n) is 10.6. The van der Waals surface area contributed by atoms with Gasteiger partial charge in [0.1, 0.15) is 0 Å². The summed E-state index contributed by atoms with van der Waals surface area (Å²) in [6.45, 7) is 4.03. The van der Waals surface area contributed by atoms with Crippen molar-refractivity contribution in [2.45, 2.75) is 24.1 Å². The van der Waals surface area contributed by atoms with Crippen LogP contribution in [-0.4, -0.2) is 26.8 Å². The SMILES string of the molecule is CCNCc1ccc(SCc2nnn(C)n2)cc1. The predicted molar refractivity (Wildman–Crippen MR) is 72.2 cm³/mol. The molecule has 1 heterocycles. The van der Waals surface area contributed by atoms with Crippen molar-refractivity contribution in [1.82, 2.24) is 25.5 Å². The van der Waals surface area contributed by atoms with E-state index in [0.717, 1.165) is 24.7 Å². The number of aromatic nitrogens is 4. The fourth-order valence-electron chi connectivity index (χ4n) is 1.50. The van der Waals surface area contributed by atoms with E-state index < -0.39 is 0 Å². The standard InChI is InChI=1S/C12H17N5S/c1-3-13-8-10-4-6-11(7-5-10)18-9-12-14-16-17(2)15-12/h4-7,13H,3,8-9H2,1-2H3. The van der Waals surface area contributed by atoms with Gasteiger partial charge in [-0.05, 0) is 29.5 Å². The van der Waals surface area contributed by atoms with Crippen LogP contribution in [0.4, 0.5) is 0 Å². The Balaban J connectivity index is 1.86. The second kappa shape index (κ2) is 6.51. The van der Waals surface area contributed by atoms with Gasteiger partial charge in [-0.25, -0.2) is 0 Å². The van der Waals surface area contributed by atoms with E-state index >= 15 is 0 Å². The van der Waals surface area contributed by atoms with Crippen LogP contribution in [-0.2, 0) is 19.3 Å². The van der Waals surface area contributed by atoms with Gasteiger partial charge in [0, 0.05) is 11.4 Å². The topological polar surface area (TPSA) is 55.6 Å². The van der Waals surface area contributed by atoms with E-state index in [4.69, 9.17) is 0 Å². The first-order valence-electron chi connectivity index (χ1n) is 5.93. The van der Waals surface area contributed by atoms with Gasteiger partial charge in [0.25, 0.3) is 0 Å². The third kappa shape index (κ3) is 3.82. The first-order chi connectivity index (χ1) is 8.78.